The Morgan fingerprint density at radius 2 is 2.33 bits per heavy atom. The molecule has 2 atom stereocenters. The average Bonchev–Trinajstić information content (AvgIpc) is 2.64. The van der Waals surface area contributed by atoms with Crippen LogP contribution in [0.2, 0.25) is 0 Å². The van der Waals surface area contributed by atoms with E-state index in [9.17, 15) is 4.79 Å². The summed E-state index contributed by atoms with van der Waals surface area (Å²) in [6.45, 7) is 2.25. The van der Waals surface area contributed by atoms with Crippen molar-refractivity contribution >= 4 is 33.0 Å². The lowest BCUT2D eigenvalue weighted by atomic mass is 9.79. The van der Waals surface area contributed by atoms with Gasteiger partial charge in [-0.15, -0.1) is 11.3 Å². The Kier molecular flexibility index (Phi) is 3.62. The van der Waals surface area contributed by atoms with E-state index in [1.807, 2.05) is 11.4 Å². The number of hydrogen-bond donors (Lipinski definition) is 0. The zero-order valence-corrected chi connectivity index (χ0v) is 11.2. The van der Waals surface area contributed by atoms with Crippen molar-refractivity contribution in [2.75, 3.05) is 0 Å². The second-order valence-electron chi connectivity index (χ2n) is 4.47. The van der Waals surface area contributed by atoms with Crippen LogP contribution in [-0.2, 0) is 0 Å². The molecule has 1 aromatic heterocycles. The van der Waals surface area contributed by atoms with Crippen LogP contribution in [0.25, 0.3) is 0 Å². The second kappa shape index (κ2) is 4.79. The molecule has 0 amide bonds. The first-order valence-corrected chi connectivity index (χ1v) is 7.12. The van der Waals surface area contributed by atoms with Gasteiger partial charge in [-0.1, -0.05) is 19.8 Å². The quantitative estimate of drug-likeness (QED) is 0.731. The summed E-state index contributed by atoms with van der Waals surface area (Å²) >= 11 is 5.00. The summed E-state index contributed by atoms with van der Waals surface area (Å²) in [5, 5.41) is 1.96. The highest BCUT2D eigenvalue weighted by molar-refractivity contribution is 9.11. The summed E-state index contributed by atoms with van der Waals surface area (Å²) in [7, 11) is 0. The summed E-state index contributed by atoms with van der Waals surface area (Å²) in [5.41, 5.74) is 0.894. The fraction of sp³-hybridized carbons (Fsp3) is 0.583. The number of ketones is 1. The lowest BCUT2D eigenvalue weighted by Crippen LogP contribution is -2.21. The number of Topliss-reactive ketones (excluding diaryl/α,β-unsaturated/α-hetero) is 1. The van der Waals surface area contributed by atoms with E-state index in [2.05, 4.69) is 22.9 Å². The van der Waals surface area contributed by atoms with Gasteiger partial charge in [-0.2, -0.15) is 0 Å². The molecule has 0 saturated heterocycles. The number of rotatable bonds is 2. The standard InChI is InChI=1S/C12H15BrOS/c1-8-3-2-4-9(5-8)12(14)10-6-11(13)15-7-10/h6-9H,2-5H2,1H3. The van der Waals surface area contributed by atoms with E-state index in [4.69, 9.17) is 0 Å². The van der Waals surface area contributed by atoms with Crippen LogP contribution in [-0.4, -0.2) is 5.78 Å². The zero-order valence-electron chi connectivity index (χ0n) is 8.83. The van der Waals surface area contributed by atoms with E-state index in [0.717, 1.165) is 28.1 Å². The van der Waals surface area contributed by atoms with Crippen molar-refractivity contribution in [3.8, 4) is 0 Å². The van der Waals surface area contributed by atoms with Gasteiger partial charge in [0.2, 0.25) is 0 Å². The molecule has 1 nitrogen and oxygen atoms in total. The normalized spacial score (nSPS) is 26.5. The maximum absolute atomic E-state index is 12.1. The van der Waals surface area contributed by atoms with Gasteiger partial charge >= 0.3 is 0 Å². The van der Waals surface area contributed by atoms with Crippen LogP contribution in [0.1, 0.15) is 43.0 Å². The molecule has 1 aliphatic carbocycles. The summed E-state index contributed by atoms with van der Waals surface area (Å²) in [5.74, 6) is 1.34. The number of carbonyl (C=O) groups is 1. The molecule has 1 fully saturated rings. The summed E-state index contributed by atoms with van der Waals surface area (Å²) < 4.78 is 1.05. The molecule has 1 heterocycles. The number of halogens is 1. The maximum atomic E-state index is 12.1. The van der Waals surface area contributed by atoms with E-state index in [1.54, 1.807) is 11.3 Å². The van der Waals surface area contributed by atoms with Gasteiger partial charge in [-0.05, 0) is 40.8 Å². The van der Waals surface area contributed by atoms with Crippen molar-refractivity contribution in [3.05, 3.63) is 20.8 Å². The largest absolute Gasteiger partial charge is 0.294 e. The summed E-state index contributed by atoms with van der Waals surface area (Å²) in [4.78, 5) is 12.1. The Morgan fingerprint density at radius 1 is 1.53 bits per heavy atom. The van der Waals surface area contributed by atoms with Crippen LogP contribution in [0.5, 0.6) is 0 Å². The van der Waals surface area contributed by atoms with Gasteiger partial charge in [0, 0.05) is 16.9 Å². The molecule has 0 spiro atoms. The lowest BCUT2D eigenvalue weighted by Gasteiger charge is -2.25. The van der Waals surface area contributed by atoms with Gasteiger partial charge in [-0.25, -0.2) is 0 Å². The first-order chi connectivity index (χ1) is 7.16. The van der Waals surface area contributed by atoms with E-state index in [-0.39, 0.29) is 5.92 Å². The Morgan fingerprint density at radius 3 is 2.93 bits per heavy atom. The monoisotopic (exact) mass is 286 g/mol. The predicted molar refractivity (Wildman–Crippen MR) is 67.5 cm³/mol. The third kappa shape index (κ3) is 2.70. The molecule has 2 rings (SSSR count). The number of thiophene rings is 1. The van der Waals surface area contributed by atoms with Crippen molar-refractivity contribution in [1.82, 2.24) is 0 Å². The Balaban J connectivity index is 2.07. The minimum absolute atomic E-state index is 0.273. The molecule has 0 aliphatic heterocycles. The molecule has 3 heteroatoms. The van der Waals surface area contributed by atoms with Crippen LogP contribution < -0.4 is 0 Å². The Labute approximate surface area is 103 Å². The van der Waals surface area contributed by atoms with Crippen LogP contribution in [0, 0.1) is 11.8 Å². The van der Waals surface area contributed by atoms with Gasteiger partial charge in [0.1, 0.15) is 0 Å². The molecule has 1 aromatic rings. The van der Waals surface area contributed by atoms with Crippen molar-refractivity contribution in [2.45, 2.75) is 32.6 Å². The molecule has 1 aliphatic rings. The Hall–Kier alpha value is -0.150. The van der Waals surface area contributed by atoms with Gasteiger partial charge in [0.15, 0.2) is 5.78 Å². The number of carbonyl (C=O) groups excluding carboxylic acids is 1. The van der Waals surface area contributed by atoms with E-state index >= 15 is 0 Å². The van der Waals surface area contributed by atoms with Gasteiger partial charge < -0.3 is 0 Å². The van der Waals surface area contributed by atoms with Crippen LogP contribution in [0.4, 0.5) is 0 Å². The molecule has 82 valence electrons. The third-order valence-electron chi connectivity index (χ3n) is 3.16. The lowest BCUT2D eigenvalue weighted by molar-refractivity contribution is 0.0869. The second-order valence-corrected chi connectivity index (χ2v) is 6.76. The molecule has 0 radical (unpaired) electrons. The van der Waals surface area contributed by atoms with E-state index in [0.29, 0.717) is 5.78 Å². The third-order valence-corrected chi connectivity index (χ3v) is 4.66. The predicted octanol–water partition coefficient (Wildman–Crippen LogP) is 4.52. The highest BCUT2D eigenvalue weighted by Gasteiger charge is 2.26. The van der Waals surface area contributed by atoms with Crippen molar-refractivity contribution in [1.29, 1.82) is 0 Å². The van der Waals surface area contributed by atoms with Gasteiger partial charge in [0.05, 0.1) is 3.79 Å². The summed E-state index contributed by atoms with van der Waals surface area (Å²) in [6.07, 6.45) is 4.66. The fourth-order valence-electron chi connectivity index (χ4n) is 2.35. The first-order valence-electron chi connectivity index (χ1n) is 5.45. The average molecular weight is 287 g/mol. The van der Waals surface area contributed by atoms with Crippen LogP contribution >= 0.6 is 27.3 Å². The minimum Gasteiger partial charge on any atom is -0.294 e. The summed E-state index contributed by atoms with van der Waals surface area (Å²) in [6, 6.07) is 1.95. The molecule has 0 N–H and O–H groups in total. The molecule has 0 bridgehead atoms. The molecule has 2 unspecified atom stereocenters. The number of hydrogen-bond acceptors (Lipinski definition) is 2. The minimum atomic E-state index is 0.273. The van der Waals surface area contributed by atoms with Crippen LogP contribution in [0.3, 0.4) is 0 Å². The van der Waals surface area contributed by atoms with Crippen molar-refractivity contribution in [2.24, 2.45) is 11.8 Å². The van der Waals surface area contributed by atoms with Gasteiger partial charge in [0.25, 0.3) is 0 Å². The van der Waals surface area contributed by atoms with Crippen molar-refractivity contribution < 1.29 is 4.79 Å². The molecule has 0 aromatic carbocycles. The van der Waals surface area contributed by atoms with E-state index < -0.39 is 0 Å². The fourth-order valence-corrected chi connectivity index (χ4v) is 3.49. The van der Waals surface area contributed by atoms with Gasteiger partial charge in [-0.3, -0.25) is 4.79 Å². The highest BCUT2D eigenvalue weighted by Crippen LogP contribution is 2.32. The Bertz CT molecular complexity index is 358. The SMILES string of the molecule is CC1CCCC(C(=O)c2csc(Br)c2)C1. The van der Waals surface area contributed by atoms with E-state index in [1.165, 1.54) is 12.8 Å². The zero-order chi connectivity index (χ0) is 10.8. The van der Waals surface area contributed by atoms with Crippen LogP contribution in [0.15, 0.2) is 15.2 Å². The molecule has 1 saturated carbocycles. The molecule has 15 heavy (non-hydrogen) atoms. The molecular formula is C12H15BrOS. The topological polar surface area (TPSA) is 17.1 Å². The molecular weight excluding hydrogens is 272 g/mol. The smallest absolute Gasteiger partial charge is 0.166 e. The first kappa shape index (κ1) is 11.3. The highest BCUT2D eigenvalue weighted by atomic mass is 79.9. The maximum Gasteiger partial charge on any atom is 0.166 e. The van der Waals surface area contributed by atoms with Crippen molar-refractivity contribution in [3.63, 3.8) is 0 Å².